The van der Waals surface area contributed by atoms with Gasteiger partial charge in [0, 0.05) is 5.54 Å². The molecule has 0 N–H and O–H groups in total. The van der Waals surface area contributed by atoms with Crippen molar-refractivity contribution in [1.29, 1.82) is 0 Å². The van der Waals surface area contributed by atoms with Gasteiger partial charge in [-0.1, -0.05) is 18.6 Å². The van der Waals surface area contributed by atoms with Crippen LogP contribution in [0.4, 0.5) is 0 Å². The lowest BCUT2D eigenvalue weighted by Gasteiger charge is -2.47. The van der Waals surface area contributed by atoms with Gasteiger partial charge in [0.2, 0.25) is 0 Å². The predicted octanol–water partition coefficient (Wildman–Crippen LogP) is 3.19. The van der Waals surface area contributed by atoms with Crippen LogP contribution in [0.3, 0.4) is 0 Å². The highest BCUT2D eigenvalue weighted by atomic mass is 32.2. The molecule has 2 aliphatic rings. The average molecular weight is 311 g/mol. The summed E-state index contributed by atoms with van der Waals surface area (Å²) in [5.74, 6) is 1.15. The van der Waals surface area contributed by atoms with Crippen LogP contribution in [0.1, 0.15) is 44.9 Å². The largest absolute Gasteiger partial charge is 0.297 e. The molecule has 0 bridgehead atoms. The van der Waals surface area contributed by atoms with Gasteiger partial charge in [0.15, 0.2) is 9.84 Å². The molecule has 120 valence electrons. The molecule has 0 aromatic rings. The Morgan fingerprint density at radius 2 is 1.90 bits per heavy atom. The number of piperidine rings is 1. The summed E-state index contributed by atoms with van der Waals surface area (Å²) in [7, 11) is -2.75. The van der Waals surface area contributed by atoms with Gasteiger partial charge in [0.1, 0.15) is 0 Å². The van der Waals surface area contributed by atoms with E-state index in [4.69, 9.17) is 0 Å². The zero-order chi connectivity index (χ0) is 15.3. The lowest BCUT2D eigenvalue weighted by atomic mass is 9.80. The zero-order valence-electron chi connectivity index (χ0n) is 13.1. The van der Waals surface area contributed by atoms with Crippen molar-refractivity contribution < 1.29 is 8.42 Å². The Kier molecular flexibility index (Phi) is 5.67. The topological polar surface area (TPSA) is 37.4 Å². The van der Waals surface area contributed by atoms with Crippen molar-refractivity contribution >= 4 is 9.84 Å². The predicted molar refractivity (Wildman–Crippen MR) is 89.2 cm³/mol. The van der Waals surface area contributed by atoms with Crippen LogP contribution >= 0.6 is 0 Å². The van der Waals surface area contributed by atoms with Gasteiger partial charge in [-0.15, -0.1) is 13.2 Å². The molecule has 2 rings (SSSR count). The Morgan fingerprint density at radius 1 is 1.19 bits per heavy atom. The van der Waals surface area contributed by atoms with Gasteiger partial charge in [-0.3, -0.25) is 4.90 Å². The molecule has 0 saturated carbocycles. The van der Waals surface area contributed by atoms with E-state index in [0.717, 1.165) is 38.8 Å². The number of sulfone groups is 1. The Morgan fingerprint density at radius 3 is 2.48 bits per heavy atom. The van der Waals surface area contributed by atoms with Gasteiger partial charge in [0.05, 0.1) is 11.5 Å². The van der Waals surface area contributed by atoms with E-state index in [9.17, 15) is 8.42 Å². The van der Waals surface area contributed by atoms with E-state index in [1.807, 2.05) is 12.2 Å². The van der Waals surface area contributed by atoms with E-state index in [0.29, 0.717) is 17.4 Å². The van der Waals surface area contributed by atoms with Crippen LogP contribution in [-0.4, -0.2) is 43.5 Å². The van der Waals surface area contributed by atoms with Gasteiger partial charge in [0.25, 0.3) is 0 Å². The van der Waals surface area contributed by atoms with E-state index in [1.165, 1.54) is 19.3 Å². The molecule has 2 fully saturated rings. The van der Waals surface area contributed by atoms with Crippen LogP contribution in [0.15, 0.2) is 25.3 Å². The molecule has 0 amide bonds. The molecule has 1 unspecified atom stereocenters. The lowest BCUT2D eigenvalue weighted by Crippen LogP contribution is -2.51. The van der Waals surface area contributed by atoms with Crippen LogP contribution in [0, 0.1) is 5.92 Å². The molecule has 4 heteroatoms. The maximum atomic E-state index is 11.6. The fourth-order valence-electron chi connectivity index (χ4n) is 4.02. The lowest BCUT2D eigenvalue weighted by molar-refractivity contribution is 0.0458. The highest BCUT2D eigenvalue weighted by molar-refractivity contribution is 7.91. The third-order valence-electron chi connectivity index (χ3n) is 5.17. The van der Waals surface area contributed by atoms with Gasteiger partial charge in [-0.05, 0) is 57.5 Å². The summed E-state index contributed by atoms with van der Waals surface area (Å²) in [4.78, 5) is 2.59. The molecule has 21 heavy (non-hydrogen) atoms. The summed E-state index contributed by atoms with van der Waals surface area (Å²) in [6.07, 6.45) is 11.7. The second kappa shape index (κ2) is 7.10. The highest BCUT2D eigenvalue weighted by Gasteiger charge is 2.37. The van der Waals surface area contributed by atoms with Crippen LogP contribution < -0.4 is 0 Å². The molecular formula is C17H29NO2S. The van der Waals surface area contributed by atoms with E-state index < -0.39 is 9.84 Å². The van der Waals surface area contributed by atoms with E-state index in [1.54, 1.807) is 0 Å². The van der Waals surface area contributed by atoms with Crippen LogP contribution in [0.2, 0.25) is 0 Å². The molecule has 0 aromatic heterocycles. The molecule has 2 aliphatic heterocycles. The molecule has 3 nitrogen and oxygen atoms in total. The molecule has 0 aliphatic carbocycles. The van der Waals surface area contributed by atoms with Crippen molar-refractivity contribution in [3.8, 4) is 0 Å². The monoisotopic (exact) mass is 311 g/mol. The minimum Gasteiger partial charge on any atom is -0.297 e. The first-order valence-corrected chi connectivity index (χ1v) is 10.0. The first kappa shape index (κ1) is 16.8. The highest BCUT2D eigenvalue weighted by Crippen LogP contribution is 2.36. The summed E-state index contributed by atoms with van der Waals surface area (Å²) in [5.41, 5.74) is 0.180. The minimum absolute atomic E-state index is 0.180. The fourth-order valence-corrected chi connectivity index (χ4v) is 5.93. The summed E-state index contributed by atoms with van der Waals surface area (Å²) >= 11 is 0. The van der Waals surface area contributed by atoms with Gasteiger partial charge >= 0.3 is 0 Å². The first-order chi connectivity index (χ1) is 10.0. The van der Waals surface area contributed by atoms with Crippen molar-refractivity contribution in [1.82, 2.24) is 4.90 Å². The number of hydrogen-bond acceptors (Lipinski definition) is 3. The van der Waals surface area contributed by atoms with Crippen molar-refractivity contribution in [2.24, 2.45) is 5.92 Å². The van der Waals surface area contributed by atoms with Crippen molar-refractivity contribution in [2.75, 3.05) is 24.6 Å². The number of rotatable bonds is 7. The number of likely N-dealkylation sites (tertiary alicyclic amines) is 1. The normalized spacial score (nSPS) is 28.3. The average Bonchev–Trinajstić information content (AvgIpc) is 2.78. The zero-order valence-corrected chi connectivity index (χ0v) is 13.9. The molecular weight excluding hydrogens is 282 g/mol. The summed E-state index contributed by atoms with van der Waals surface area (Å²) < 4.78 is 23.2. The van der Waals surface area contributed by atoms with Crippen molar-refractivity contribution in [3.05, 3.63) is 25.3 Å². The third kappa shape index (κ3) is 4.19. The Hall–Kier alpha value is -0.610. The summed E-state index contributed by atoms with van der Waals surface area (Å²) in [6.45, 7) is 10.0. The molecule has 0 radical (unpaired) electrons. The van der Waals surface area contributed by atoms with Gasteiger partial charge in [-0.2, -0.15) is 0 Å². The summed E-state index contributed by atoms with van der Waals surface area (Å²) in [5, 5.41) is 0. The van der Waals surface area contributed by atoms with Gasteiger partial charge < -0.3 is 0 Å². The quantitative estimate of drug-likeness (QED) is 0.678. The smallest absolute Gasteiger partial charge is 0.150 e. The molecule has 1 atom stereocenters. The van der Waals surface area contributed by atoms with Crippen molar-refractivity contribution in [3.63, 3.8) is 0 Å². The Balaban J connectivity index is 1.98. The number of nitrogens with zero attached hydrogens (tertiary/aromatic N) is 1. The van der Waals surface area contributed by atoms with Gasteiger partial charge in [-0.25, -0.2) is 8.42 Å². The van der Waals surface area contributed by atoms with E-state index in [-0.39, 0.29) is 5.54 Å². The van der Waals surface area contributed by atoms with Crippen LogP contribution in [0.5, 0.6) is 0 Å². The number of hydrogen-bond donors (Lipinski definition) is 0. The minimum atomic E-state index is -2.75. The third-order valence-corrected chi connectivity index (χ3v) is 7.01. The first-order valence-electron chi connectivity index (χ1n) is 8.19. The second-order valence-corrected chi connectivity index (χ2v) is 8.94. The van der Waals surface area contributed by atoms with Crippen LogP contribution in [-0.2, 0) is 9.84 Å². The van der Waals surface area contributed by atoms with E-state index >= 15 is 0 Å². The maximum Gasteiger partial charge on any atom is 0.150 e. The van der Waals surface area contributed by atoms with Crippen molar-refractivity contribution in [2.45, 2.75) is 50.5 Å². The Labute approximate surface area is 130 Å². The fraction of sp³-hybridized carbons (Fsp3) is 0.765. The summed E-state index contributed by atoms with van der Waals surface area (Å²) in [6, 6.07) is 0. The Bertz CT molecular complexity index is 459. The maximum absolute atomic E-state index is 11.6. The molecule has 2 saturated heterocycles. The SMILES string of the molecule is C=CCC1(CC=C)CCCCN1CCC1CCS(=O)(=O)C1. The molecule has 2 heterocycles. The van der Waals surface area contributed by atoms with E-state index in [2.05, 4.69) is 18.1 Å². The second-order valence-electron chi connectivity index (χ2n) is 6.71. The molecule has 0 spiro atoms. The van der Waals surface area contributed by atoms with Crippen LogP contribution in [0.25, 0.3) is 0 Å². The molecule has 0 aromatic carbocycles. The standard InChI is InChI=1S/C17H29NO2S/c1-3-9-17(10-4-2)11-5-6-12-18(17)13-7-16-8-14-21(19,20)15-16/h3-4,16H,1-2,5-15H2.